The molecule has 1 aromatic carbocycles. The van der Waals surface area contributed by atoms with Crippen molar-refractivity contribution in [1.29, 1.82) is 0 Å². The molecule has 1 N–H and O–H groups in total. The van der Waals surface area contributed by atoms with Gasteiger partial charge in [0.25, 0.3) is 10.0 Å². The normalized spacial score (nSPS) is 14.6. The molecule has 0 fully saturated rings. The zero-order chi connectivity index (χ0) is 16.4. The lowest BCUT2D eigenvalue weighted by molar-refractivity contribution is -0.130. The lowest BCUT2D eigenvalue weighted by atomic mass is 10.00. The Labute approximate surface area is 143 Å². The molecule has 3 rings (SSSR count). The van der Waals surface area contributed by atoms with Crippen LogP contribution in [0.4, 0.5) is 0 Å². The molecule has 1 aliphatic heterocycles. The molecular weight excluding hydrogens is 356 g/mol. The molecule has 0 spiro atoms. The number of halogens is 1. The molecule has 0 bridgehead atoms. The van der Waals surface area contributed by atoms with Crippen LogP contribution >= 0.6 is 22.9 Å². The first-order valence-corrected chi connectivity index (χ1v) is 9.73. The predicted molar refractivity (Wildman–Crippen MR) is 90.1 cm³/mol. The lowest BCUT2D eigenvalue weighted by Gasteiger charge is -2.28. The van der Waals surface area contributed by atoms with Crippen molar-refractivity contribution < 1.29 is 13.2 Å². The number of nitrogens with one attached hydrogen (secondary N) is 1. The van der Waals surface area contributed by atoms with E-state index in [1.165, 1.54) is 17.7 Å². The fourth-order valence-electron chi connectivity index (χ4n) is 2.49. The van der Waals surface area contributed by atoms with E-state index in [1.807, 2.05) is 18.2 Å². The minimum Gasteiger partial charge on any atom is -0.337 e. The van der Waals surface area contributed by atoms with Crippen LogP contribution in [0.1, 0.15) is 11.1 Å². The molecule has 2 heterocycles. The second-order valence-electron chi connectivity index (χ2n) is 5.22. The fourth-order valence-corrected chi connectivity index (χ4v) is 4.99. The smallest absolute Gasteiger partial charge is 0.250 e. The van der Waals surface area contributed by atoms with Crippen molar-refractivity contribution in [3.8, 4) is 0 Å². The van der Waals surface area contributed by atoms with Crippen LogP contribution in [0.25, 0.3) is 0 Å². The van der Waals surface area contributed by atoms with E-state index >= 15 is 0 Å². The summed E-state index contributed by atoms with van der Waals surface area (Å²) in [5.41, 5.74) is 2.35. The van der Waals surface area contributed by atoms with Gasteiger partial charge in [-0.2, -0.15) is 0 Å². The number of nitrogens with zero attached hydrogens (tertiary/aromatic N) is 1. The molecule has 1 amide bonds. The van der Waals surface area contributed by atoms with Crippen LogP contribution in [0.3, 0.4) is 0 Å². The first kappa shape index (κ1) is 16.4. The number of hydrogen-bond donors (Lipinski definition) is 1. The van der Waals surface area contributed by atoms with E-state index in [1.54, 1.807) is 4.90 Å². The van der Waals surface area contributed by atoms with E-state index in [4.69, 9.17) is 11.6 Å². The molecule has 1 aromatic heterocycles. The number of benzene rings is 1. The minimum absolute atomic E-state index is 0.110. The molecule has 0 atom stereocenters. The van der Waals surface area contributed by atoms with E-state index in [-0.39, 0.29) is 16.7 Å². The van der Waals surface area contributed by atoms with Gasteiger partial charge in [-0.1, -0.05) is 35.9 Å². The Hall–Kier alpha value is -1.41. The number of sulfonamides is 1. The summed E-state index contributed by atoms with van der Waals surface area (Å²) in [5.74, 6) is -0.231. The van der Waals surface area contributed by atoms with Crippen molar-refractivity contribution in [1.82, 2.24) is 9.62 Å². The van der Waals surface area contributed by atoms with Gasteiger partial charge >= 0.3 is 0 Å². The van der Waals surface area contributed by atoms with Gasteiger partial charge < -0.3 is 4.90 Å². The highest BCUT2D eigenvalue weighted by Gasteiger charge is 2.23. The van der Waals surface area contributed by atoms with Gasteiger partial charge in [-0.3, -0.25) is 4.79 Å². The van der Waals surface area contributed by atoms with Gasteiger partial charge in [0.05, 0.1) is 10.9 Å². The third-order valence-corrected chi connectivity index (χ3v) is 6.83. The SMILES string of the molecule is O=C(CNS(=O)(=O)c1ccc(Cl)s1)N1CCc2ccccc2C1. The predicted octanol–water partition coefficient (Wildman–Crippen LogP) is 2.26. The van der Waals surface area contributed by atoms with Gasteiger partial charge in [-0.25, -0.2) is 13.1 Å². The molecule has 2 aromatic rings. The number of carbonyl (C=O) groups is 1. The maximum absolute atomic E-state index is 12.3. The zero-order valence-electron chi connectivity index (χ0n) is 12.2. The van der Waals surface area contributed by atoms with E-state index in [0.29, 0.717) is 17.4 Å². The van der Waals surface area contributed by atoms with Crippen LogP contribution in [-0.4, -0.2) is 32.3 Å². The van der Waals surface area contributed by atoms with E-state index in [2.05, 4.69) is 10.8 Å². The summed E-state index contributed by atoms with van der Waals surface area (Å²) < 4.78 is 27.0. The average Bonchev–Trinajstić information content (AvgIpc) is 2.99. The summed E-state index contributed by atoms with van der Waals surface area (Å²) in [6.45, 7) is 0.865. The average molecular weight is 371 g/mol. The number of fused-ring (bicyclic) bond motifs is 1. The van der Waals surface area contributed by atoms with Gasteiger partial charge in [0.15, 0.2) is 0 Å². The highest BCUT2D eigenvalue weighted by Crippen LogP contribution is 2.25. The Morgan fingerprint density at radius 1 is 1.22 bits per heavy atom. The van der Waals surface area contributed by atoms with Gasteiger partial charge in [0, 0.05) is 13.1 Å². The van der Waals surface area contributed by atoms with Crippen LogP contribution < -0.4 is 4.72 Å². The number of amides is 1. The Morgan fingerprint density at radius 3 is 2.65 bits per heavy atom. The highest BCUT2D eigenvalue weighted by molar-refractivity contribution is 7.91. The summed E-state index contributed by atoms with van der Waals surface area (Å²) in [4.78, 5) is 13.9. The van der Waals surface area contributed by atoms with Gasteiger partial charge in [0.1, 0.15) is 4.21 Å². The largest absolute Gasteiger partial charge is 0.337 e. The van der Waals surface area contributed by atoms with Crippen LogP contribution in [0.15, 0.2) is 40.6 Å². The van der Waals surface area contributed by atoms with Crippen LogP contribution in [0, 0.1) is 0 Å². The van der Waals surface area contributed by atoms with Gasteiger partial charge in [-0.15, -0.1) is 11.3 Å². The van der Waals surface area contributed by atoms with Crippen molar-refractivity contribution in [3.05, 3.63) is 51.9 Å². The quantitative estimate of drug-likeness (QED) is 0.897. The molecule has 8 heteroatoms. The Balaban J connectivity index is 1.62. The van der Waals surface area contributed by atoms with Crippen LogP contribution in [-0.2, 0) is 27.8 Å². The summed E-state index contributed by atoms with van der Waals surface area (Å²) in [7, 11) is -3.70. The number of carbonyl (C=O) groups excluding carboxylic acids is 1. The molecule has 0 aliphatic carbocycles. The molecule has 0 radical (unpaired) electrons. The monoisotopic (exact) mass is 370 g/mol. The molecule has 0 saturated carbocycles. The number of rotatable bonds is 4. The Bertz CT molecular complexity index is 833. The zero-order valence-corrected chi connectivity index (χ0v) is 14.5. The van der Waals surface area contributed by atoms with Gasteiger partial charge in [0.2, 0.25) is 5.91 Å². The maximum atomic E-state index is 12.3. The maximum Gasteiger partial charge on any atom is 0.250 e. The second-order valence-corrected chi connectivity index (χ2v) is 8.93. The molecule has 0 saturated heterocycles. The standard InChI is InChI=1S/C15H15ClN2O3S2/c16-13-5-6-15(22-13)23(20,21)17-9-14(19)18-8-7-11-3-1-2-4-12(11)10-18/h1-6,17H,7-10H2. The van der Waals surface area contributed by atoms with E-state index < -0.39 is 10.0 Å². The molecular formula is C15H15ClN2O3S2. The van der Waals surface area contributed by atoms with Crippen molar-refractivity contribution >= 4 is 38.9 Å². The van der Waals surface area contributed by atoms with Crippen molar-refractivity contribution in [3.63, 3.8) is 0 Å². The number of hydrogen-bond acceptors (Lipinski definition) is 4. The molecule has 23 heavy (non-hydrogen) atoms. The van der Waals surface area contributed by atoms with Crippen LogP contribution in [0.5, 0.6) is 0 Å². The third kappa shape index (κ3) is 3.74. The molecule has 122 valence electrons. The second kappa shape index (κ2) is 6.60. The Morgan fingerprint density at radius 2 is 1.96 bits per heavy atom. The first-order chi connectivity index (χ1) is 11.0. The summed E-state index contributed by atoms with van der Waals surface area (Å²) in [6, 6.07) is 10.9. The van der Waals surface area contributed by atoms with E-state index in [9.17, 15) is 13.2 Å². The van der Waals surface area contributed by atoms with Crippen LogP contribution in [0.2, 0.25) is 4.34 Å². The Kier molecular flexibility index (Phi) is 4.72. The van der Waals surface area contributed by atoms with Crippen molar-refractivity contribution in [2.24, 2.45) is 0 Å². The summed E-state index contributed by atoms with van der Waals surface area (Å²) >= 11 is 6.71. The lowest BCUT2D eigenvalue weighted by Crippen LogP contribution is -2.42. The van der Waals surface area contributed by atoms with Crippen molar-refractivity contribution in [2.75, 3.05) is 13.1 Å². The summed E-state index contributed by atoms with van der Waals surface area (Å²) in [6.07, 6.45) is 0.787. The summed E-state index contributed by atoms with van der Waals surface area (Å²) in [5, 5.41) is 0. The fraction of sp³-hybridized carbons (Fsp3) is 0.267. The van der Waals surface area contributed by atoms with Crippen molar-refractivity contribution in [2.45, 2.75) is 17.2 Å². The number of thiophene rings is 1. The topological polar surface area (TPSA) is 66.5 Å². The highest BCUT2D eigenvalue weighted by atomic mass is 35.5. The molecule has 0 unspecified atom stereocenters. The molecule has 5 nitrogen and oxygen atoms in total. The molecule has 1 aliphatic rings. The third-order valence-electron chi connectivity index (χ3n) is 3.71. The first-order valence-electron chi connectivity index (χ1n) is 7.05. The van der Waals surface area contributed by atoms with E-state index in [0.717, 1.165) is 23.3 Å². The minimum atomic E-state index is -3.70. The van der Waals surface area contributed by atoms with Gasteiger partial charge in [-0.05, 0) is 29.7 Å².